The summed E-state index contributed by atoms with van der Waals surface area (Å²) in [6, 6.07) is 12.5. The van der Waals surface area contributed by atoms with Crippen LogP contribution in [0.15, 0.2) is 42.6 Å². The molecule has 0 radical (unpaired) electrons. The van der Waals surface area contributed by atoms with Crippen molar-refractivity contribution in [1.29, 1.82) is 0 Å². The minimum absolute atomic E-state index is 0.565. The highest BCUT2D eigenvalue weighted by molar-refractivity contribution is 6.29. The Hall–Kier alpha value is -1.54. The molecule has 2 aromatic rings. The van der Waals surface area contributed by atoms with Crippen LogP contribution in [0.1, 0.15) is 11.1 Å². The van der Waals surface area contributed by atoms with Crippen molar-refractivity contribution in [2.24, 2.45) is 0 Å². The van der Waals surface area contributed by atoms with Crippen molar-refractivity contribution >= 4 is 17.3 Å². The van der Waals surface area contributed by atoms with Crippen molar-refractivity contribution in [1.82, 2.24) is 4.98 Å². The van der Waals surface area contributed by atoms with Crippen LogP contribution in [0.2, 0.25) is 5.15 Å². The second-order valence-corrected chi connectivity index (χ2v) is 4.67. The van der Waals surface area contributed by atoms with Crippen LogP contribution >= 0.6 is 11.6 Å². The topological polar surface area (TPSA) is 16.1 Å². The summed E-state index contributed by atoms with van der Waals surface area (Å²) in [6.07, 6.45) is 2.90. The number of para-hydroxylation sites is 1. The van der Waals surface area contributed by atoms with Gasteiger partial charge in [0, 0.05) is 25.0 Å². The Labute approximate surface area is 106 Å². The molecule has 0 atom stereocenters. The van der Waals surface area contributed by atoms with Crippen molar-refractivity contribution in [2.75, 3.05) is 11.4 Å². The molecule has 0 bridgehead atoms. The van der Waals surface area contributed by atoms with Gasteiger partial charge in [0.05, 0.1) is 0 Å². The molecule has 17 heavy (non-hydrogen) atoms. The van der Waals surface area contributed by atoms with E-state index < -0.39 is 0 Å². The Kier molecular flexibility index (Phi) is 2.73. The Morgan fingerprint density at radius 3 is 3.00 bits per heavy atom. The van der Waals surface area contributed by atoms with Crippen LogP contribution in [-0.4, -0.2) is 11.5 Å². The van der Waals surface area contributed by atoms with Crippen molar-refractivity contribution in [2.45, 2.75) is 13.0 Å². The van der Waals surface area contributed by atoms with Crippen LogP contribution < -0.4 is 4.90 Å². The maximum atomic E-state index is 5.90. The average molecular weight is 245 g/mol. The molecule has 2 heterocycles. The van der Waals surface area contributed by atoms with E-state index in [4.69, 9.17) is 11.6 Å². The Bertz CT molecular complexity index is 539. The summed E-state index contributed by atoms with van der Waals surface area (Å²) in [5.74, 6) is 0. The largest absolute Gasteiger partial charge is 0.367 e. The first-order chi connectivity index (χ1) is 8.33. The van der Waals surface area contributed by atoms with Crippen LogP contribution in [0.3, 0.4) is 0 Å². The van der Waals surface area contributed by atoms with Crippen LogP contribution in [0.4, 0.5) is 5.69 Å². The summed E-state index contributed by atoms with van der Waals surface area (Å²) in [5.41, 5.74) is 4.00. The van der Waals surface area contributed by atoms with E-state index in [0.717, 1.165) is 19.5 Å². The molecule has 0 aliphatic carbocycles. The first-order valence-corrected chi connectivity index (χ1v) is 6.14. The molecule has 3 rings (SSSR count). The standard InChI is InChI=1S/C14H13ClN2/c15-14-9-11(5-7-16-14)10-17-8-6-12-3-1-2-4-13(12)17/h1-5,7,9H,6,8,10H2. The molecule has 0 unspecified atom stereocenters. The Morgan fingerprint density at radius 2 is 2.12 bits per heavy atom. The molecule has 0 saturated carbocycles. The van der Waals surface area contributed by atoms with E-state index in [1.165, 1.54) is 16.8 Å². The zero-order valence-corrected chi connectivity index (χ0v) is 10.2. The first kappa shape index (κ1) is 10.6. The molecular formula is C14H13ClN2. The quantitative estimate of drug-likeness (QED) is 0.754. The number of halogens is 1. The van der Waals surface area contributed by atoms with Gasteiger partial charge in [-0.15, -0.1) is 0 Å². The van der Waals surface area contributed by atoms with Gasteiger partial charge < -0.3 is 4.90 Å². The normalized spacial score (nSPS) is 13.8. The van der Waals surface area contributed by atoms with E-state index in [1.807, 2.05) is 12.1 Å². The molecule has 1 aromatic heterocycles. The van der Waals surface area contributed by atoms with E-state index in [1.54, 1.807) is 6.20 Å². The molecule has 2 nitrogen and oxygen atoms in total. The fourth-order valence-electron chi connectivity index (χ4n) is 2.33. The summed E-state index contributed by atoms with van der Waals surface area (Å²) < 4.78 is 0. The molecule has 0 amide bonds. The van der Waals surface area contributed by atoms with Crippen LogP contribution in [0.25, 0.3) is 0 Å². The lowest BCUT2D eigenvalue weighted by Crippen LogP contribution is -2.19. The van der Waals surface area contributed by atoms with Gasteiger partial charge >= 0.3 is 0 Å². The number of aromatic nitrogens is 1. The number of rotatable bonds is 2. The third-order valence-electron chi connectivity index (χ3n) is 3.15. The van der Waals surface area contributed by atoms with Gasteiger partial charge in [0.15, 0.2) is 0 Å². The monoisotopic (exact) mass is 244 g/mol. The summed E-state index contributed by atoms with van der Waals surface area (Å²) in [4.78, 5) is 6.40. The molecule has 1 aromatic carbocycles. The third-order valence-corrected chi connectivity index (χ3v) is 3.35. The number of anilines is 1. The maximum absolute atomic E-state index is 5.90. The summed E-state index contributed by atoms with van der Waals surface area (Å²) >= 11 is 5.90. The lowest BCUT2D eigenvalue weighted by atomic mass is 10.2. The molecule has 1 aliphatic rings. The van der Waals surface area contributed by atoms with Gasteiger partial charge in [0.2, 0.25) is 0 Å². The highest BCUT2D eigenvalue weighted by atomic mass is 35.5. The van der Waals surface area contributed by atoms with Gasteiger partial charge in [0.25, 0.3) is 0 Å². The van der Waals surface area contributed by atoms with Gasteiger partial charge in [0.1, 0.15) is 5.15 Å². The third kappa shape index (κ3) is 2.13. The summed E-state index contributed by atoms with van der Waals surface area (Å²) in [7, 11) is 0. The molecule has 1 aliphatic heterocycles. The zero-order chi connectivity index (χ0) is 11.7. The zero-order valence-electron chi connectivity index (χ0n) is 9.44. The van der Waals surface area contributed by atoms with E-state index in [9.17, 15) is 0 Å². The van der Waals surface area contributed by atoms with Gasteiger partial charge in [-0.3, -0.25) is 0 Å². The van der Waals surface area contributed by atoms with E-state index >= 15 is 0 Å². The predicted molar refractivity (Wildman–Crippen MR) is 70.4 cm³/mol. The van der Waals surface area contributed by atoms with Crippen molar-refractivity contribution in [3.63, 3.8) is 0 Å². The first-order valence-electron chi connectivity index (χ1n) is 5.76. The molecule has 3 heteroatoms. The Morgan fingerprint density at radius 1 is 1.24 bits per heavy atom. The lowest BCUT2D eigenvalue weighted by molar-refractivity contribution is 0.834. The fourth-order valence-corrected chi connectivity index (χ4v) is 2.53. The number of hydrogen-bond acceptors (Lipinski definition) is 2. The number of nitrogens with zero attached hydrogens (tertiary/aromatic N) is 2. The highest BCUT2D eigenvalue weighted by Gasteiger charge is 2.18. The van der Waals surface area contributed by atoms with E-state index in [-0.39, 0.29) is 0 Å². The van der Waals surface area contributed by atoms with Gasteiger partial charge in [-0.25, -0.2) is 4.98 Å². The SMILES string of the molecule is Clc1cc(CN2CCc3ccccc32)ccn1. The van der Waals surface area contributed by atoms with Crippen LogP contribution in [0.5, 0.6) is 0 Å². The van der Waals surface area contributed by atoms with Crippen molar-refractivity contribution < 1.29 is 0 Å². The summed E-state index contributed by atoms with van der Waals surface area (Å²) in [6.45, 7) is 1.98. The van der Waals surface area contributed by atoms with Gasteiger partial charge in [-0.05, 0) is 35.7 Å². The Balaban J connectivity index is 1.84. The minimum Gasteiger partial charge on any atom is -0.367 e. The second kappa shape index (κ2) is 4.38. The molecule has 0 fully saturated rings. The van der Waals surface area contributed by atoms with E-state index in [2.05, 4.69) is 34.1 Å². The number of pyridine rings is 1. The minimum atomic E-state index is 0.565. The molecule has 0 N–H and O–H groups in total. The van der Waals surface area contributed by atoms with Gasteiger partial charge in [-0.2, -0.15) is 0 Å². The van der Waals surface area contributed by atoms with E-state index in [0.29, 0.717) is 5.15 Å². The smallest absolute Gasteiger partial charge is 0.129 e. The maximum Gasteiger partial charge on any atom is 0.129 e. The molecule has 0 spiro atoms. The lowest BCUT2D eigenvalue weighted by Gasteiger charge is -2.19. The van der Waals surface area contributed by atoms with Crippen molar-refractivity contribution in [3.05, 3.63) is 58.9 Å². The fraction of sp³-hybridized carbons (Fsp3) is 0.214. The van der Waals surface area contributed by atoms with Crippen LogP contribution in [0, 0.1) is 0 Å². The molecule has 86 valence electrons. The molecule has 0 saturated heterocycles. The molecular weight excluding hydrogens is 232 g/mol. The van der Waals surface area contributed by atoms with Gasteiger partial charge in [-0.1, -0.05) is 29.8 Å². The highest BCUT2D eigenvalue weighted by Crippen LogP contribution is 2.28. The number of fused-ring (bicyclic) bond motifs is 1. The number of benzene rings is 1. The average Bonchev–Trinajstić information content (AvgIpc) is 2.73. The summed E-state index contributed by atoms with van der Waals surface area (Å²) in [5, 5.41) is 0.565. The van der Waals surface area contributed by atoms with Crippen molar-refractivity contribution in [3.8, 4) is 0 Å². The second-order valence-electron chi connectivity index (χ2n) is 4.29. The van der Waals surface area contributed by atoms with Crippen LogP contribution in [-0.2, 0) is 13.0 Å². The predicted octanol–water partition coefficient (Wildman–Crippen LogP) is 3.30. The number of hydrogen-bond donors (Lipinski definition) is 0.